The van der Waals surface area contributed by atoms with Crippen molar-refractivity contribution in [1.29, 1.82) is 0 Å². The van der Waals surface area contributed by atoms with Crippen LogP contribution in [0.4, 0.5) is 0 Å². The predicted molar refractivity (Wildman–Crippen MR) is 101 cm³/mol. The zero-order valence-corrected chi connectivity index (χ0v) is 16.5. The van der Waals surface area contributed by atoms with Gasteiger partial charge in [0, 0.05) is 39.1 Å². The summed E-state index contributed by atoms with van der Waals surface area (Å²) in [7, 11) is 6.03. The number of carbonyl (C=O) groups is 1. The van der Waals surface area contributed by atoms with Crippen molar-refractivity contribution in [1.82, 2.24) is 29.1 Å². The van der Waals surface area contributed by atoms with Gasteiger partial charge in [-0.15, -0.1) is 0 Å². The molecule has 2 atom stereocenters. The fraction of sp³-hybridized carbons (Fsp3) is 0.632. The smallest absolute Gasteiger partial charge is 0.273 e. The Bertz CT molecular complexity index is 749. The van der Waals surface area contributed by atoms with E-state index in [4.69, 9.17) is 0 Å². The third-order valence-corrected chi connectivity index (χ3v) is 5.44. The van der Waals surface area contributed by atoms with E-state index < -0.39 is 0 Å². The predicted octanol–water partition coefficient (Wildman–Crippen LogP) is 2.35. The van der Waals surface area contributed by atoms with Gasteiger partial charge < -0.3 is 9.47 Å². The molecule has 0 bridgehead atoms. The van der Waals surface area contributed by atoms with Crippen LogP contribution in [0.2, 0.25) is 0 Å². The van der Waals surface area contributed by atoms with Crippen LogP contribution in [0.5, 0.6) is 0 Å². The number of hydrogen-bond acceptors (Lipinski definition) is 4. The quantitative estimate of drug-likeness (QED) is 0.823. The van der Waals surface area contributed by atoms with Crippen molar-refractivity contribution in [3.8, 4) is 0 Å². The van der Waals surface area contributed by atoms with Crippen LogP contribution in [0.3, 0.4) is 0 Å². The van der Waals surface area contributed by atoms with Gasteiger partial charge in [-0.1, -0.05) is 0 Å². The van der Waals surface area contributed by atoms with Crippen LogP contribution in [-0.4, -0.2) is 62.2 Å². The molecule has 0 radical (unpaired) electrons. The molecule has 0 spiro atoms. The lowest BCUT2D eigenvalue weighted by molar-refractivity contribution is 0.0626. The van der Waals surface area contributed by atoms with E-state index in [1.54, 1.807) is 6.33 Å². The molecule has 1 amide bonds. The van der Waals surface area contributed by atoms with Gasteiger partial charge in [0.1, 0.15) is 5.69 Å². The largest absolute Gasteiger partial charge is 0.340 e. The summed E-state index contributed by atoms with van der Waals surface area (Å²) in [6.45, 7) is 5.95. The topological polar surface area (TPSA) is 59.2 Å². The summed E-state index contributed by atoms with van der Waals surface area (Å²) < 4.78 is 3.92. The van der Waals surface area contributed by atoms with E-state index in [-0.39, 0.29) is 11.9 Å². The van der Waals surface area contributed by atoms with Gasteiger partial charge in [-0.2, -0.15) is 5.10 Å². The molecular weight excluding hydrogens is 328 g/mol. The van der Waals surface area contributed by atoms with Gasteiger partial charge in [-0.05, 0) is 52.3 Å². The molecule has 7 heteroatoms. The summed E-state index contributed by atoms with van der Waals surface area (Å²) >= 11 is 0. The van der Waals surface area contributed by atoms with Crippen molar-refractivity contribution in [3.05, 3.63) is 36.2 Å². The average Bonchev–Trinajstić information content (AvgIpc) is 3.24. The number of piperidine rings is 1. The number of hydrogen-bond donors (Lipinski definition) is 0. The Balaban J connectivity index is 1.74. The molecular formula is C19H30N6O. The van der Waals surface area contributed by atoms with Crippen molar-refractivity contribution in [3.63, 3.8) is 0 Å². The van der Waals surface area contributed by atoms with Gasteiger partial charge in [0.25, 0.3) is 5.91 Å². The summed E-state index contributed by atoms with van der Waals surface area (Å²) in [5, 5.41) is 4.34. The van der Waals surface area contributed by atoms with Crippen molar-refractivity contribution in [2.24, 2.45) is 13.0 Å². The summed E-state index contributed by atoms with van der Waals surface area (Å²) in [6, 6.07) is 2.67. The summed E-state index contributed by atoms with van der Waals surface area (Å²) in [5.41, 5.74) is 1.73. The second kappa shape index (κ2) is 7.61. The number of rotatable bonds is 5. The van der Waals surface area contributed by atoms with Gasteiger partial charge in [0.15, 0.2) is 0 Å². The zero-order valence-electron chi connectivity index (χ0n) is 16.5. The van der Waals surface area contributed by atoms with Gasteiger partial charge >= 0.3 is 0 Å². The van der Waals surface area contributed by atoms with Crippen LogP contribution < -0.4 is 0 Å². The third kappa shape index (κ3) is 3.67. The zero-order chi connectivity index (χ0) is 18.8. The monoisotopic (exact) mass is 358 g/mol. The molecule has 1 saturated heterocycles. The summed E-state index contributed by atoms with van der Waals surface area (Å²) in [6.07, 6.45) is 7.69. The van der Waals surface area contributed by atoms with E-state index in [2.05, 4.69) is 41.9 Å². The molecule has 3 heterocycles. The summed E-state index contributed by atoms with van der Waals surface area (Å²) in [4.78, 5) is 21.3. The average molecular weight is 358 g/mol. The Kier molecular flexibility index (Phi) is 5.46. The van der Waals surface area contributed by atoms with Crippen LogP contribution >= 0.6 is 0 Å². The maximum atomic E-state index is 12.8. The lowest BCUT2D eigenvalue weighted by Crippen LogP contribution is -2.43. The number of aryl methyl sites for hydroxylation is 1. The minimum absolute atomic E-state index is 0.0126. The molecule has 0 aromatic carbocycles. The number of nitrogens with zero attached hydrogens (tertiary/aromatic N) is 6. The van der Waals surface area contributed by atoms with Gasteiger partial charge in [-0.3, -0.25) is 14.4 Å². The first kappa shape index (κ1) is 18.6. The van der Waals surface area contributed by atoms with Gasteiger partial charge in [0.05, 0.1) is 18.1 Å². The van der Waals surface area contributed by atoms with Crippen molar-refractivity contribution in [2.75, 3.05) is 27.2 Å². The number of aromatic nitrogens is 4. The molecule has 3 rings (SSSR count). The molecule has 26 heavy (non-hydrogen) atoms. The minimum atomic E-state index is -0.0126. The Morgan fingerprint density at radius 1 is 1.38 bits per heavy atom. The molecule has 7 nitrogen and oxygen atoms in total. The third-order valence-electron chi connectivity index (χ3n) is 5.44. The van der Waals surface area contributed by atoms with Crippen LogP contribution in [0.15, 0.2) is 24.8 Å². The normalized spacial score (nSPS) is 21.3. The first-order valence-corrected chi connectivity index (χ1v) is 9.35. The van der Waals surface area contributed by atoms with Crippen molar-refractivity contribution in [2.45, 2.75) is 38.8 Å². The SMILES string of the molecule is CC(C)n1cnc(C(=O)N(C)C[C@@H]2CCCN(C)[C@H]2c2ccnn2C)c1. The van der Waals surface area contributed by atoms with E-state index in [0.717, 1.165) is 19.4 Å². The highest BCUT2D eigenvalue weighted by atomic mass is 16.2. The van der Waals surface area contributed by atoms with Crippen LogP contribution in [0.1, 0.15) is 55.0 Å². The first-order valence-electron chi connectivity index (χ1n) is 9.35. The molecule has 1 aliphatic heterocycles. The maximum Gasteiger partial charge on any atom is 0.273 e. The van der Waals surface area contributed by atoms with Crippen LogP contribution in [0.25, 0.3) is 0 Å². The van der Waals surface area contributed by atoms with E-state index in [9.17, 15) is 4.79 Å². The second-order valence-corrected chi connectivity index (χ2v) is 7.69. The number of carbonyl (C=O) groups excluding carboxylic acids is 1. The minimum Gasteiger partial charge on any atom is -0.340 e. The van der Waals surface area contributed by atoms with E-state index in [0.29, 0.717) is 24.2 Å². The Labute approximate surface area is 155 Å². The Morgan fingerprint density at radius 3 is 2.77 bits per heavy atom. The molecule has 142 valence electrons. The van der Waals surface area contributed by atoms with E-state index >= 15 is 0 Å². The number of imidazole rings is 1. The second-order valence-electron chi connectivity index (χ2n) is 7.69. The fourth-order valence-corrected chi connectivity index (χ4v) is 3.95. The molecule has 1 aliphatic rings. The Morgan fingerprint density at radius 2 is 2.15 bits per heavy atom. The Hall–Kier alpha value is -2.15. The molecule has 0 saturated carbocycles. The van der Waals surface area contributed by atoms with Gasteiger partial charge in [-0.25, -0.2) is 4.98 Å². The van der Waals surface area contributed by atoms with Gasteiger partial charge in [0.2, 0.25) is 0 Å². The lowest BCUT2D eigenvalue weighted by Gasteiger charge is -2.40. The summed E-state index contributed by atoms with van der Waals surface area (Å²) in [5.74, 6) is 0.367. The van der Waals surface area contributed by atoms with Crippen molar-refractivity contribution < 1.29 is 4.79 Å². The van der Waals surface area contributed by atoms with Crippen LogP contribution in [0, 0.1) is 5.92 Å². The van der Waals surface area contributed by atoms with E-state index in [1.165, 1.54) is 5.69 Å². The molecule has 0 unspecified atom stereocenters. The fourth-order valence-electron chi connectivity index (χ4n) is 3.95. The molecule has 1 fully saturated rings. The van der Waals surface area contributed by atoms with Crippen molar-refractivity contribution >= 4 is 5.91 Å². The molecule has 2 aromatic heterocycles. The van der Waals surface area contributed by atoms with Crippen LogP contribution in [-0.2, 0) is 7.05 Å². The molecule has 2 aromatic rings. The number of amides is 1. The highest BCUT2D eigenvalue weighted by molar-refractivity contribution is 5.91. The maximum absolute atomic E-state index is 12.8. The molecule has 0 N–H and O–H groups in total. The highest BCUT2D eigenvalue weighted by Gasteiger charge is 2.34. The lowest BCUT2D eigenvalue weighted by atomic mass is 9.87. The first-order chi connectivity index (χ1) is 12.4. The van der Waals surface area contributed by atoms with E-state index in [1.807, 2.05) is 40.6 Å². The number of likely N-dealkylation sites (tertiary alicyclic amines) is 1. The standard InChI is InChI=1S/C19H30N6O/c1-14(2)25-12-16(20-13-25)19(26)23(4)11-15-7-6-10-22(3)18(15)17-8-9-21-24(17)5/h8-9,12-15,18H,6-7,10-11H2,1-5H3/t15-,18+/m0/s1. The highest BCUT2D eigenvalue weighted by Crippen LogP contribution is 2.35. The molecule has 0 aliphatic carbocycles.